The number of aryl methyl sites for hydroxylation is 1. The Balaban J connectivity index is 2.09. The van der Waals surface area contributed by atoms with Crippen molar-refractivity contribution in [2.24, 2.45) is 0 Å². The zero-order valence-corrected chi connectivity index (χ0v) is 10.2. The van der Waals surface area contributed by atoms with E-state index in [-0.39, 0.29) is 0 Å². The molecule has 0 spiro atoms. The topological polar surface area (TPSA) is 47.0 Å². The van der Waals surface area contributed by atoms with E-state index in [1.54, 1.807) is 0 Å². The van der Waals surface area contributed by atoms with Gasteiger partial charge in [-0.2, -0.15) is 0 Å². The smallest absolute Gasteiger partial charge is 0.131 e. The lowest BCUT2D eigenvalue weighted by molar-refractivity contribution is 0.195. The normalized spacial score (nSPS) is 20.5. The third-order valence-electron chi connectivity index (χ3n) is 2.34. The van der Waals surface area contributed by atoms with Crippen molar-refractivity contribution in [3.05, 3.63) is 16.5 Å². The van der Waals surface area contributed by atoms with Gasteiger partial charge in [0.05, 0.1) is 12.6 Å². The van der Waals surface area contributed by atoms with E-state index in [0.29, 0.717) is 6.04 Å². The van der Waals surface area contributed by atoms with E-state index in [4.69, 9.17) is 4.74 Å². The van der Waals surface area contributed by atoms with Crippen LogP contribution in [-0.2, 0) is 11.2 Å². The maximum atomic E-state index is 5.30. The standard InChI is InChI=1S/C10H14BrN3O/c1-2-9-13-8(11)5-10(14-9)12-7-3-4-15-6-7/h5,7H,2-4,6H2,1H3,(H,12,13,14). The summed E-state index contributed by atoms with van der Waals surface area (Å²) >= 11 is 3.38. The highest BCUT2D eigenvalue weighted by molar-refractivity contribution is 9.10. The summed E-state index contributed by atoms with van der Waals surface area (Å²) in [6, 6.07) is 2.29. The van der Waals surface area contributed by atoms with Gasteiger partial charge in [0.15, 0.2) is 0 Å². The second-order valence-electron chi connectivity index (χ2n) is 3.55. The first-order chi connectivity index (χ1) is 7.28. The van der Waals surface area contributed by atoms with Crippen LogP contribution in [0.2, 0.25) is 0 Å². The Bertz CT molecular complexity index is 339. The van der Waals surface area contributed by atoms with Gasteiger partial charge in [-0.1, -0.05) is 6.92 Å². The average molecular weight is 272 g/mol. The lowest BCUT2D eigenvalue weighted by atomic mass is 10.2. The number of hydrogen-bond acceptors (Lipinski definition) is 4. The van der Waals surface area contributed by atoms with Crippen LogP contribution < -0.4 is 5.32 Å². The predicted octanol–water partition coefficient (Wildman–Crippen LogP) is 2.00. The highest BCUT2D eigenvalue weighted by atomic mass is 79.9. The fourth-order valence-electron chi connectivity index (χ4n) is 1.55. The summed E-state index contributed by atoms with van der Waals surface area (Å²) in [7, 11) is 0. The third kappa shape index (κ3) is 2.89. The van der Waals surface area contributed by atoms with Gasteiger partial charge in [0, 0.05) is 19.1 Å². The van der Waals surface area contributed by atoms with Crippen LogP contribution in [0.1, 0.15) is 19.2 Å². The number of nitrogens with one attached hydrogen (secondary N) is 1. The summed E-state index contributed by atoms with van der Waals surface area (Å²) in [5, 5.41) is 3.35. The Morgan fingerprint density at radius 1 is 1.60 bits per heavy atom. The van der Waals surface area contributed by atoms with E-state index >= 15 is 0 Å². The van der Waals surface area contributed by atoms with Crippen molar-refractivity contribution >= 4 is 21.7 Å². The Morgan fingerprint density at radius 3 is 3.13 bits per heavy atom. The zero-order chi connectivity index (χ0) is 10.7. The van der Waals surface area contributed by atoms with Crippen LogP contribution in [0.15, 0.2) is 10.7 Å². The molecule has 2 heterocycles. The molecule has 0 radical (unpaired) electrons. The Morgan fingerprint density at radius 2 is 2.47 bits per heavy atom. The molecule has 4 nitrogen and oxygen atoms in total. The van der Waals surface area contributed by atoms with Crippen LogP contribution in [0.3, 0.4) is 0 Å². The maximum absolute atomic E-state index is 5.30. The quantitative estimate of drug-likeness (QED) is 0.855. The molecule has 1 saturated heterocycles. The van der Waals surface area contributed by atoms with Gasteiger partial charge in [0.2, 0.25) is 0 Å². The summed E-state index contributed by atoms with van der Waals surface area (Å²) in [6.07, 6.45) is 1.89. The molecule has 1 atom stereocenters. The number of hydrogen-bond donors (Lipinski definition) is 1. The number of nitrogens with zero attached hydrogens (tertiary/aromatic N) is 2. The average Bonchev–Trinajstić information content (AvgIpc) is 2.69. The minimum Gasteiger partial charge on any atom is -0.379 e. The fourth-order valence-corrected chi connectivity index (χ4v) is 1.98. The number of ether oxygens (including phenoxy) is 1. The molecular weight excluding hydrogens is 258 g/mol. The van der Waals surface area contributed by atoms with Crippen LogP contribution in [0.5, 0.6) is 0 Å². The van der Waals surface area contributed by atoms with Crippen LogP contribution in [0, 0.1) is 0 Å². The number of anilines is 1. The first-order valence-electron chi connectivity index (χ1n) is 5.15. The first kappa shape index (κ1) is 10.8. The van der Waals surface area contributed by atoms with Crippen LogP contribution >= 0.6 is 15.9 Å². The van der Waals surface area contributed by atoms with Crippen molar-refractivity contribution in [1.29, 1.82) is 0 Å². The molecule has 0 aliphatic carbocycles. The molecule has 1 aromatic rings. The molecule has 1 N–H and O–H groups in total. The van der Waals surface area contributed by atoms with Gasteiger partial charge in [0.1, 0.15) is 16.2 Å². The Labute approximate surface area is 97.6 Å². The van der Waals surface area contributed by atoms with Gasteiger partial charge >= 0.3 is 0 Å². The lowest BCUT2D eigenvalue weighted by Gasteiger charge is -2.11. The van der Waals surface area contributed by atoms with Crippen molar-refractivity contribution in [2.45, 2.75) is 25.8 Å². The van der Waals surface area contributed by atoms with Gasteiger partial charge in [-0.3, -0.25) is 0 Å². The fraction of sp³-hybridized carbons (Fsp3) is 0.600. The molecule has 5 heteroatoms. The highest BCUT2D eigenvalue weighted by Gasteiger charge is 2.15. The minimum atomic E-state index is 0.386. The molecule has 82 valence electrons. The summed E-state index contributed by atoms with van der Waals surface area (Å²) in [5.74, 6) is 1.73. The van der Waals surface area contributed by atoms with Crippen molar-refractivity contribution in [3.63, 3.8) is 0 Å². The van der Waals surface area contributed by atoms with Gasteiger partial charge in [-0.05, 0) is 22.4 Å². The van der Waals surface area contributed by atoms with Gasteiger partial charge in [-0.15, -0.1) is 0 Å². The molecule has 15 heavy (non-hydrogen) atoms. The number of rotatable bonds is 3. The SMILES string of the molecule is CCc1nc(Br)cc(NC2CCOC2)n1. The van der Waals surface area contributed by atoms with Crippen LogP contribution in [-0.4, -0.2) is 29.2 Å². The Kier molecular flexibility index (Phi) is 3.53. The molecule has 0 amide bonds. The van der Waals surface area contributed by atoms with E-state index in [1.807, 2.05) is 13.0 Å². The van der Waals surface area contributed by atoms with Crippen molar-refractivity contribution in [3.8, 4) is 0 Å². The molecule has 0 bridgehead atoms. The second-order valence-corrected chi connectivity index (χ2v) is 4.36. The maximum Gasteiger partial charge on any atom is 0.131 e. The number of aromatic nitrogens is 2. The zero-order valence-electron chi connectivity index (χ0n) is 8.66. The van der Waals surface area contributed by atoms with E-state index in [9.17, 15) is 0 Å². The van der Waals surface area contributed by atoms with Crippen LogP contribution in [0.4, 0.5) is 5.82 Å². The molecule has 1 aliphatic rings. The second kappa shape index (κ2) is 4.90. The highest BCUT2D eigenvalue weighted by Crippen LogP contribution is 2.16. The Hall–Kier alpha value is -0.680. The third-order valence-corrected chi connectivity index (χ3v) is 2.75. The first-order valence-corrected chi connectivity index (χ1v) is 5.95. The van der Waals surface area contributed by atoms with E-state index < -0.39 is 0 Å². The van der Waals surface area contributed by atoms with Crippen molar-refractivity contribution in [1.82, 2.24) is 9.97 Å². The van der Waals surface area contributed by atoms with Gasteiger partial charge in [0.25, 0.3) is 0 Å². The van der Waals surface area contributed by atoms with Gasteiger partial charge in [-0.25, -0.2) is 9.97 Å². The predicted molar refractivity (Wildman–Crippen MR) is 62.0 cm³/mol. The van der Waals surface area contributed by atoms with E-state index in [2.05, 4.69) is 31.2 Å². The van der Waals surface area contributed by atoms with E-state index in [1.165, 1.54) is 0 Å². The molecular formula is C10H14BrN3O. The molecule has 0 saturated carbocycles. The van der Waals surface area contributed by atoms with E-state index in [0.717, 1.165) is 42.3 Å². The molecule has 1 fully saturated rings. The largest absolute Gasteiger partial charge is 0.379 e. The number of halogens is 1. The van der Waals surface area contributed by atoms with Crippen molar-refractivity contribution < 1.29 is 4.74 Å². The summed E-state index contributed by atoms with van der Waals surface area (Å²) in [5.41, 5.74) is 0. The molecule has 0 aromatic carbocycles. The van der Waals surface area contributed by atoms with Crippen molar-refractivity contribution in [2.75, 3.05) is 18.5 Å². The molecule has 1 unspecified atom stereocenters. The lowest BCUT2D eigenvalue weighted by Crippen LogP contribution is -2.20. The monoisotopic (exact) mass is 271 g/mol. The van der Waals surface area contributed by atoms with Gasteiger partial charge < -0.3 is 10.1 Å². The summed E-state index contributed by atoms with van der Waals surface area (Å²) in [6.45, 7) is 3.65. The summed E-state index contributed by atoms with van der Waals surface area (Å²) < 4.78 is 6.13. The molecule has 2 rings (SSSR count). The van der Waals surface area contributed by atoms with Crippen LogP contribution in [0.25, 0.3) is 0 Å². The summed E-state index contributed by atoms with van der Waals surface area (Å²) in [4.78, 5) is 8.67. The molecule has 1 aromatic heterocycles. The minimum absolute atomic E-state index is 0.386. The molecule has 1 aliphatic heterocycles.